The van der Waals surface area contributed by atoms with E-state index in [1.165, 1.54) is 0 Å². The summed E-state index contributed by atoms with van der Waals surface area (Å²) in [6, 6.07) is 9.22. The van der Waals surface area contributed by atoms with Crippen LogP contribution in [0.1, 0.15) is 10.4 Å². The molecule has 2 heterocycles. The highest BCUT2D eigenvalue weighted by atomic mass is 16.5. The maximum Gasteiger partial charge on any atom is 0.169 e. The van der Waals surface area contributed by atoms with E-state index in [0.717, 1.165) is 10.9 Å². The summed E-state index contributed by atoms with van der Waals surface area (Å²) in [6.07, 6.45) is 1.72. The van der Waals surface area contributed by atoms with Gasteiger partial charge in [-0.1, -0.05) is 18.2 Å². The predicted molar refractivity (Wildman–Crippen MR) is 68.4 cm³/mol. The van der Waals surface area contributed by atoms with Crippen LogP contribution in [0.4, 0.5) is 0 Å². The Kier molecular flexibility index (Phi) is 2.81. The SMILES string of the molecule is NC1COCC1C(=O)c1ccc2cccnc2c1. The normalized spacial score (nSPS) is 23.4. The van der Waals surface area contributed by atoms with Crippen LogP contribution in [-0.2, 0) is 4.74 Å². The fraction of sp³-hybridized carbons (Fsp3) is 0.286. The molecule has 2 unspecified atom stereocenters. The van der Waals surface area contributed by atoms with E-state index in [9.17, 15) is 4.79 Å². The first-order chi connectivity index (χ1) is 8.75. The van der Waals surface area contributed by atoms with Gasteiger partial charge >= 0.3 is 0 Å². The molecule has 4 nitrogen and oxygen atoms in total. The number of rotatable bonds is 2. The largest absolute Gasteiger partial charge is 0.379 e. The second-order valence-corrected chi connectivity index (χ2v) is 4.58. The van der Waals surface area contributed by atoms with Gasteiger partial charge in [-0.25, -0.2) is 0 Å². The van der Waals surface area contributed by atoms with Gasteiger partial charge in [0, 0.05) is 23.2 Å². The molecule has 0 aliphatic carbocycles. The molecule has 0 radical (unpaired) electrons. The summed E-state index contributed by atoms with van der Waals surface area (Å²) in [7, 11) is 0. The lowest BCUT2D eigenvalue weighted by atomic mass is 9.93. The van der Waals surface area contributed by atoms with Crippen LogP contribution in [0.15, 0.2) is 36.5 Å². The zero-order valence-corrected chi connectivity index (χ0v) is 9.87. The lowest BCUT2D eigenvalue weighted by molar-refractivity contribution is 0.0896. The van der Waals surface area contributed by atoms with Crippen LogP contribution in [0.25, 0.3) is 10.9 Å². The van der Waals surface area contributed by atoms with E-state index in [4.69, 9.17) is 10.5 Å². The minimum absolute atomic E-state index is 0.0487. The van der Waals surface area contributed by atoms with Gasteiger partial charge in [-0.2, -0.15) is 0 Å². The second kappa shape index (κ2) is 4.48. The average Bonchev–Trinajstić information content (AvgIpc) is 2.83. The van der Waals surface area contributed by atoms with Gasteiger partial charge in [-0.3, -0.25) is 9.78 Å². The fourth-order valence-corrected chi connectivity index (χ4v) is 2.27. The Morgan fingerprint density at radius 2 is 2.22 bits per heavy atom. The number of ether oxygens (including phenoxy) is 1. The molecule has 4 heteroatoms. The average molecular weight is 242 g/mol. The Labute approximate surface area is 105 Å². The third kappa shape index (κ3) is 1.89. The highest BCUT2D eigenvalue weighted by Crippen LogP contribution is 2.20. The van der Waals surface area contributed by atoms with E-state index in [2.05, 4.69) is 4.98 Å². The number of pyridine rings is 1. The number of carbonyl (C=O) groups excluding carboxylic acids is 1. The lowest BCUT2D eigenvalue weighted by Crippen LogP contribution is -2.34. The van der Waals surface area contributed by atoms with Crippen molar-refractivity contribution in [3.8, 4) is 0 Å². The maximum atomic E-state index is 12.3. The zero-order chi connectivity index (χ0) is 12.5. The Hall–Kier alpha value is -1.78. The number of hydrogen-bond donors (Lipinski definition) is 1. The van der Waals surface area contributed by atoms with Crippen LogP contribution in [0.3, 0.4) is 0 Å². The van der Waals surface area contributed by atoms with E-state index in [1.54, 1.807) is 6.20 Å². The molecule has 2 aromatic rings. The van der Waals surface area contributed by atoms with Crippen molar-refractivity contribution in [1.82, 2.24) is 4.98 Å². The Bertz CT molecular complexity index is 597. The molecular formula is C14H14N2O2. The first-order valence-electron chi connectivity index (χ1n) is 5.98. The summed E-state index contributed by atoms with van der Waals surface area (Å²) < 4.78 is 5.24. The van der Waals surface area contributed by atoms with Crippen LogP contribution in [0.5, 0.6) is 0 Å². The highest BCUT2D eigenvalue weighted by Gasteiger charge is 2.31. The topological polar surface area (TPSA) is 65.2 Å². The third-order valence-electron chi connectivity index (χ3n) is 3.35. The molecule has 1 aromatic carbocycles. The van der Waals surface area contributed by atoms with Crippen LogP contribution in [0, 0.1) is 5.92 Å². The number of aromatic nitrogens is 1. The molecule has 92 valence electrons. The van der Waals surface area contributed by atoms with Crippen LogP contribution in [0.2, 0.25) is 0 Å². The maximum absolute atomic E-state index is 12.3. The van der Waals surface area contributed by atoms with Crippen LogP contribution < -0.4 is 5.73 Å². The third-order valence-corrected chi connectivity index (χ3v) is 3.35. The summed E-state index contributed by atoms with van der Waals surface area (Å²) in [5.41, 5.74) is 7.36. The number of benzene rings is 1. The van der Waals surface area contributed by atoms with E-state index >= 15 is 0 Å². The molecule has 2 atom stereocenters. The molecular weight excluding hydrogens is 228 g/mol. The Balaban J connectivity index is 1.96. The molecule has 0 spiro atoms. The highest BCUT2D eigenvalue weighted by molar-refractivity contribution is 6.01. The molecule has 0 saturated carbocycles. The van der Waals surface area contributed by atoms with Gasteiger partial charge in [-0.05, 0) is 12.1 Å². The molecule has 18 heavy (non-hydrogen) atoms. The molecule has 0 bridgehead atoms. The standard InChI is InChI=1S/C14H14N2O2/c15-12-8-18-7-11(12)14(17)10-4-3-9-2-1-5-16-13(9)6-10/h1-6,11-12H,7-8,15H2. The van der Waals surface area contributed by atoms with Gasteiger partial charge in [-0.15, -0.1) is 0 Å². The van der Waals surface area contributed by atoms with E-state index < -0.39 is 0 Å². The quantitative estimate of drug-likeness (QED) is 0.808. The van der Waals surface area contributed by atoms with Crippen molar-refractivity contribution in [2.75, 3.05) is 13.2 Å². The van der Waals surface area contributed by atoms with Crippen molar-refractivity contribution in [2.45, 2.75) is 6.04 Å². The van der Waals surface area contributed by atoms with Gasteiger partial charge < -0.3 is 10.5 Å². The monoisotopic (exact) mass is 242 g/mol. The summed E-state index contributed by atoms with van der Waals surface area (Å²) in [5.74, 6) is -0.182. The van der Waals surface area contributed by atoms with Crippen molar-refractivity contribution < 1.29 is 9.53 Å². The first kappa shape index (κ1) is 11.3. The molecule has 3 rings (SSSR count). The molecule has 1 saturated heterocycles. The van der Waals surface area contributed by atoms with Crippen LogP contribution in [-0.4, -0.2) is 30.0 Å². The molecule has 1 fully saturated rings. The molecule has 1 aliphatic rings. The van der Waals surface area contributed by atoms with E-state index in [1.807, 2.05) is 30.3 Å². The van der Waals surface area contributed by atoms with Crippen molar-refractivity contribution >= 4 is 16.7 Å². The zero-order valence-electron chi connectivity index (χ0n) is 9.87. The molecule has 2 N–H and O–H groups in total. The van der Waals surface area contributed by atoms with Crippen molar-refractivity contribution in [2.24, 2.45) is 11.7 Å². The second-order valence-electron chi connectivity index (χ2n) is 4.58. The first-order valence-corrected chi connectivity index (χ1v) is 5.98. The van der Waals surface area contributed by atoms with Crippen molar-refractivity contribution in [1.29, 1.82) is 0 Å². The van der Waals surface area contributed by atoms with Gasteiger partial charge in [0.2, 0.25) is 0 Å². The number of carbonyl (C=O) groups is 1. The Morgan fingerprint density at radius 1 is 1.33 bits per heavy atom. The van der Waals surface area contributed by atoms with Gasteiger partial charge in [0.1, 0.15) is 0 Å². The smallest absolute Gasteiger partial charge is 0.169 e. The summed E-state index contributed by atoms with van der Waals surface area (Å²) in [6.45, 7) is 0.877. The van der Waals surface area contributed by atoms with Crippen LogP contribution >= 0.6 is 0 Å². The van der Waals surface area contributed by atoms with Gasteiger partial charge in [0.15, 0.2) is 5.78 Å². The number of Topliss-reactive ketones (excluding diaryl/α,β-unsaturated/α-hetero) is 1. The predicted octanol–water partition coefficient (Wildman–Crippen LogP) is 1.39. The number of nitrogens with two attached hydrogens (primary N) is 1. The molecule has 1 aromatic heterocycles. The molecule has 0 amide bonds. The fourth-order valence-electron chi connectivity index (χ4n) is 2.27. The minimum atomic E-state index is -0.230. The van der Waals surface area contributed by atoms with Gasteiger partial charge in [0.25, 0.3) is 0 Å². The van der Waals surface area contributed by atoms with Crippen molar-refractivity contribution in [3.63, 3.8) is 0 Å². The van der Waals surface area contributed by atoms with Gasteiger partial charge in [0.05, 0.1) is 24.6 Å². The number of fused-ring (bicyclic) bond motifs is 1. The number of ketones is 1. The number of hydrogen-bond acceptors (Lipinski definition) is 4. The summed E-state index contributed by atoms with van der Waals surface area (Å²) in [5, 5.41) is 1.03. The minimum Gasteiger partial charge on any atom is -0.379 e. The molecule has 1 aliphatic heterocycles. The van der Waals surface area contributed by atoms with Crippen molar-refractivity contribution in [3.05, 3.63) is 42.1 Å². The number of nitrogens with zero attached hydrogens (tertiary/aromatic N) is 1. The van der Waals surface area contributed by atoms with E-state index in [0.29, 0.717) is 18.8 Å². The van der Waals surface area contributed by atoms with E-state index in [-0.39, 0.29) is 17.7 Å². The summed E-state index contributed by atoms with van der Waals surface area (Å²) >= 11 is 0. The summed E-state index contributed by atoms with van der Waals surface area (Å²) in [4.78, 5) is 16.6. The lowest BCUT2D eigenvalue weighted by Gasteiger charge is -2.12. The Morgan fingerprint density at radius 3 is 3.00 bits per heavy atom.